The number of nitrogens with two attached hydrogens (primary N) is 2. The summed E-state index contributed by atoms with van der Waals surface area (Å²) in [6.45, 7) is 0.237. The van der Waals surface area contributed by atoms with Crippen LogP contribution in [0.1, 0.15) is 39.1 Å². The Morgan fingerprint density at radius 3 is 1.93 bits per heavy atom. The Morgan fingerprint density at radius 1 is 0.762 bits per heavy atom. The molecule has 0 amide bonds. The summed E-state index contributed by atoms with van der Waals surface area (Å²) in [5.74, 6) is -2.36. The lowest BCUT2D eigenvalue weighted by Crippen LogP contribution is -2.33. The average molecular weight is 591 g/mol. The van der Waals surface area contributed by atoms with Gasteiger partial charge in [0.25, 0.3) is 0 Å². The zero-order valence-electron chi connectivity index (χ0n) is 21.9. The van der Waals surface area contributed by atoms with E-state index in [-0.39, 0.29) is 30.1 Å². The highest BCUT2D eigenvalue weighted by atomic mass is 19.3. The van der Waals surface area contributed by atoms with Gasteiger partial charge in [0.15, 0.2) is 0 Å². The van der Waals surface area contributed by atoms with E-state index in [2.05, 4.69) is 4.74 Å². The number of carbonyl (C=O) groups is 3. The third-order valence-corrected chi connectivity index (χ3v) is 5.33. The van der Waals surface area contributed by atoms with Gasteiger partial charge in [-0.3, -0.25) is 0 Å². The lowest BCUT2D eigenvalue weighted by molar-refractivity contribution is -0.253. The predicted molar refractivity (Wildman–Crippen MR) is 144 cm³/mol. The number of alkyl halides is 4. The Kier molecular flexibility index (Phi) is 10.9. The van der Waals surface area contributed by atoms with E-state index in [0.29, 0.717) is 29.8 Å². The Hall–Kier alpha value is -5.07. The van der Waals surface area contributed by atoms with Gasteiger partial charge in [-0.05, 0) is 79.1 Å². The molecule has 9 nitrogen and oxygen atoms in total. The van der Waals surface area contributed by atoms with E-state index in [1.165, 1.54) is 42.5 Å². The van der Waals surface area contributed by atoms with Gasteiger partial charge in [-0.1, -0.05) is 12.1 Å². The van der Waals surface area contributed by atoms with Gasteiger partial charge < -0.3 is 30.4 Å². The molecule has 3 aromatic carbocycles. The molecule has 0 saturated heterocycles. The number of unbranched alkanes of at least 4 members (excludes halogenated alkanes) is 1. The van der Waals surface area contributed by atoms with Crippen molar-refractivity contribution in [2.24, 2.45) is 0 Å². The molecular weight excluding hydrogens is 564 g/mol. The van der Waals surface area contributed by atoms with E-state index >= 15 is 0 Å². The van der Waals surface area contributed by atoms with Gasteiger partial charge in [0, 0.05) is 17.5 Å². The van der Waals surface area contributed by atoms with Crippen LogP contribution in [0.2, 0.25) is 0 Å². The van der Waals surface area contributed by atoms with Gasteiger partial charge in [-0.2, -0.15) is 17.6 Å². The van der Waals surface area contributed by atoms with Gasteiger partial charge in [0.1, 0.15) is 11.5 Å². The first kappa shape index (κ1) is 31.5. The topological polar surface area (TPSA) is 140 Å². The normalized spacial score (nSPS) is 11.4. The van der Waals surface area contributed by atoms with Crippen LogP contribution in [0.15, 0.2) is 72.8 Å². The molecule has 0 atom stereocenters. The van der Waals surface area contributed by atoms with Gasteiger partial charge in [-0.15, -0.1) is 0 Å². The number of hydrogen-bond donors (Lipinski definition) is 2. The van der Waals surface area contributed by atoms with Crippen LogP contribution < -0.4 is 20.9 Å². The smallest absolute Gasteiger partial charge is 0.461 e. The Morgan fingerprint density at radius 2 is 1.33 bits per heavy atom. The van der Waals surface area contributed by atoms with Crippen molar-refractivity contribution in [1.82, 2.24) is 0 Å². The van der Waals surface area contributed by atoms with Gasteiger partial charge in [-0.25, -0.2) is 14.4 Å². The van der Waals surface area contributed by atoms with Crippen LogP contribution in [-0.4, -0.2) is 43.7 Å². The third-order valence-electron chi connectivity index (χ3n) is 5.33. The number of halogens is 4. The first-order chi connectivity index (χ1) is 19.9. The standard InChI is InChI=1S/C29H26F4N2O7/c30-28(31)29(32,33)42-24-10-6-19(7-11-24)27(38)41-23-8-3-18(4-9-23)5-12-25(36)39-13-1-2-14-40-26(37)20-15-21(34)17-22(35)16-20/h3-12,15-17,28H,1-2,13-14,34-35H2. The predicted octanol–water partition coefficient (Wildman–Crippen LogP) is 5.50. The highest BCUT2D eigenvalue weighted by Crippen LogP contribution is 2.27. The summed E-state index contributed by atoms with van der Waals surface area (Å²) in [5, 5.41) is 0. The Bertz CT molecular complexity index is 1390. The van der Waals surface area contributed by atoms with Crippen LogP contribution in [0.5, 0.6) is 11.5 Å². The largest absolute Gasteiger partial charge is 0.463 e. The number of carbonyl (C=O) groups excluding carboxylic acids is 3. The first-order valence-corrected chi connectivity index (χ1v) is 12.4. The van der Waals surface area contributed by atoms with Crippen molar-refractivity contribution in [3.05, 3.63) is 89.5 Å². The average Bonchev–Trinajstić information content (AvgIpc) is 2.94. The number of benzene rings is 3. The minimum absolute atomic E-state index is 0.0286. The summed E-state index contributed by atoms with van der Waals surface area (Å²) < 4.78 is 69.8. The fraction of sp³-hybridized carbons (Fsp3) is 0.207. The van der Waals surface area contributed by atoms with Crippen LogP contribution in [0.4, 0.5) is 28.9 Å². The maximum absolute atomic E-state index is 13.0. The summed E-state index contributed by atoms with van der Waals surface area (Å²) in [7, 11) is 0. The lowest BCUT2D eigenvalue weighted by atomic mass is 10.2. The molecule has 0 aromatic heterocycles. The molecule has 3 aromatic rings. The van der Waals surface area contributed by atoms with E-state index in [4.69, 9.17) is 25.7 Å². The van der Waals surface area contributed by atoms with E-state index in [1.807, 2.05) is 0 Å². The summed E-state index contributed by atoms with van der Waals surface area (Å²) in [5.41, 5.74) is 12.8. The van der Waals surface area contributed by atoms with E-state index in [9.17, 15) is 31.9 Å². The van der Waals surface area contributed by atoms with Crippen molar-refractivity contribution in [1.29, 1.82) is 0 Å². The molecule has 42 heavy (non-hydrogen) atoms. The fourth-order valence-electron chi connectivity index (χ4n) is 3.31. The number of esters is 3. The number of hydrogen-bond acceptors (Lipinski definition) is 9. The molecule has 0 aliphatic heterocycles. The summed E-state index contributed by atoms with van der Waals surface area (Å²) in [6, 6.07) is 14.6. The highest BCUT2D eigenvalue weighted by molar-refractivity contribution is 5.92. The maximum atomic E-state index is 13.0. The minimum Gasteiger partial charge on any atom is -0.463 e. The molecule has 3 rings (SSSR count). The van der Waals surface area contributed by atoms with Crippen LogP contribution in [0.3, 0.4) is 0 Å². The van der Waals surface area contributed by atoms with Gasteiger partial charge in [0.05, 0.1) is 24.3 Å². The second-order valence-corrected chi connectivity index (χ2v) is 8.68. The van der Waals surface area contributed by atoms with Gasteiger partial charge >= 0.3 is 30.4 Å². The van der Waals surface area contributed by atoms with Crippen molar-refractivity contribution < 1.29 is 50.9 Å². The van der Waals surface area contributed by atoms with Crippen LogP contribution in [-0.2, 0) is 14.3 Å². The molecule has 0 aliphatic carbocycles. The number of ether oxygens (including phenoxy) is 4. The van der Waals surface area contributed by atoms with E-state index in [1.54, 1.807) is 12.1 Å². The molecule has 0 spiro atoms. The second-order valence-electron chi connectivity index (χ2n) is 8.68. The van der Waals surface area contributed by atoms with Crippen molar-refractivity contribution in [2.75, 3.05) is 24.7 Å². The van der Waals surface area contributed by atoms with Crippen LogP contribution >= 0.6 is 0 Å². The first-order valence-electron chi connectivity index (χ1n) is 12.4. The number of anilines is 2. The Balaban J connectivity index is 1.36. The monoisotopic (exact) mass is 590 g/mol. The quantitative estimate of drug-likeness (QED) is 0.0659. The SMILES string of the molecule is Nc1cc(N)cc(C(=O)OCCCCOC(=O)C=Cc2ccc(OC(=O)c3ccc(OC(F)(F)C(F)F)cc3)cc2)c1. The maximum Gasteiger partial charge on any atom is 0.461 e. The summed E-state index contributed by atoms with van der Waals surface area (Å²) in [6.07, 6.45) is -5.04. The lowest BCUT2D eigenvalue weighted by Gasteiger charge is -2.16. The van der Waals surface area contributed by atoms with Crippen molar-refractivity contribution in [2.45, 2.75) is 25.4 Å². The molecule has 0 unspecified atom stereocenters. The molecule has 0 radical (unpaired) electrons. The molecule has 13 heteroatoms. The molecular formula is C29H26F4N2O7. The van der Waals surface area contributed by atoms with Crippen LogP contribution in [0, 0.1) is 0 Å². The number of rotatable bonds is 13. The third kappa shape index (κ3) is 9.84. The van der Waals surface area contributed by atoms with E-state index in [0.717, 1.165) is 24.3 Å². The molecule has 4 N–H and O–H groups in total. The van der Waals surface area contributed by atoms with Gasteiger partial charge in [0.2, 0.25) is 0 Å². The highest BCUT2D eigenvalue weighted by Gasteiger charge is 2.43. The molecule has 0 heterocycles. The van der Waals surface area contributed by atoms with Crippen molar-refractivity contribution in [3.63, 3.8) is 0 Å². The summed E-state index contributed by atoms with van der Waals surface area (Å²) in [4.78, 5) is 36.2. The molecule has 0 aliphatic rings. The summed E-state index contributed by atoms with van der Waals surface area (Å²) >= 11 is 0. The number of nitrogen functional groups attached to an aromatic ring is 2. The fourth-order valence-corrected chi connectivity index (χ4v) is 3.31. The Labute approximate surface area is 237 Å². The van der Waals surface area contributed by atoms with E-state index < -0.39 is 36.2 Å². The van der Waals surface area contributed by atoms with Crippen LogP contribution in [0.25, 0.3) is 6.08 Å². The molecule has 222 valence electrons. The minimum atomic E-state index is -4.66. The van der Waals surface area contributed by atoms with Crippen molar-refractivity contribution >= 4 is 35.4 Å². The zero-order chi connectivity index (χ0) is 30.7. The molecule has 0 bridgehead atoms. The second kappa shape index (κ2) is 14.5. The zero-order valence-corrected chi connectivity index (χ0v) is 21.9. The molecule has 0 saturated carbocycles. The molecule has 0 fully saturated rings. The van der Waals surface area contributed by atoms with Crippen molar-refractivity contribution in [3.8, 4) is 11.5 Å².